The number of hydrogen-bond acceptors (Lipinski definition) is 3. The Morgan fingerprint density at radius 3 is 1.97 bits per heavy atom. The molecule has 1 saturated heterocycles. The second-order valence-corrected chi connectivity index (χ2v) is 8.82. The summed E-state index contributed by atoms with van der Waals surface area (Å²) in [6, 6.07) is 23.7. The van der Waals surface area contributed by atoms with Crippen molar-refractivity contribution in [1.29, 1.82) is 0 Å². The van der Waals surface area contributed by atoms with Crippen molar-refractivity contribution >= 4 is 17.5 Å². The molecule has 1 fully saturated rings. The Balaban J connectivity index is 1.60. The predicted octanol–water partition coefficient (Wildman–Crippen LogP) is 3.79. The molecular weight excluding hydrogens is 386 g/mol. The van der Waals surface area contributed by atoms with E-state index in [9.17, 15) is 14.7 Å². The second kappa shape index (κ2) is 6.38. The lowest BCUT2D eigenvalue weighted by Gasteiger charge is -2.53. The molecule has 2 unspecified atom stereocenters. The fraction of sp³-hybridized carbons (Fsp3) is 0.259. The van der Waals surface area contributed by atoms with Crippen LogP contribution < -0.4 is 4.90 Å². The van der Waals surface area contributed by atoms with Crippen LogP contribution in [0.3, 0.4) is 0 Å². The van der Waals surface area contributed by atoms with Crippen LogP contribution in [0, 0.1) is 11.8 Å². The summed E-state index contributed by atoms with van der Waals surface area (Å²) < 4.78 is 0. The Kier molecular flexibility index (Phi) is 3.81. The predicted molar refractivity (Wildman–Crippen MR) is 118 cm³/mol. The minimum absolute atomic E-state index is 0.161. The number of aryl methyl sites for hydroxylation is 1. The summed E-state index contributed by atoms with van der Waals surface area (Å²) in [5.41, 5.74) is 4.94. The molecule has 2 amide bonds. The summed E-state index contributed by atoms with van der Waals surface area (Å²) in [6.45, 7) is 1.86. The van der Waals surface area contributed by atoms with Crippen LogP contribution in [0.25, 0.3) is 0 Å². The molecule has 1 aliphatic heterocycles. The average Bonchev–Trinajstić information content (AvgIpc) is 3.10. The maximum atomic E-state index is 13.9. The van der Waals surface area contributed by atoms with E-state index in [1.54, 1.807) is 0 Å². The molecule has 3 aromatic carbocycles. The summed E-state index contributed by atoms with van der Waals surface area (Å²) >= 11 is 0. The first-order valence-corrected chi connectivity index (χ1v) is 10.9. The summed E-state index contributed by atoms with van der Waals surface area (Å²) in [4.78, 5) is 29.0. The van der Waals surface area contributed by atoms with Crippen LogP contribution in [0.4, 0.5) is 5.69 Å². The van der Waals surface area contributed by atoms with Crippen LogP contribution in [-0.2, 0) is 21.4 Å². The average molecular weight is 409 g/mol. The van der Waals surface area contributed by atoms with Crippen molar-refractivity contribution < 1.29 is 14.7 Å². The summed E-state index contributed by atoms with van der Waals surface area (Å²) in [5.74, 6) is -1.66. The maximum absolute atomic E-state index is 13.9. The molecule has 0 aromatic heterocycles. The zero-order valence-electron chi connectivity index (χ0n) is 17.3. The number of imide groups is 1. The van der Waals surface area contributed by atoms with Crippen LogP contribution in [0.2, 0.25) is 0 Å². The largest absolute Gasteiger partial charge is 0.395 e. The second-order valence-electron chi connectivity index (χ2n) is 8.82. The van der Waals surface area contributed by atoms with E-state index in [1.807, 2.05) is 72.8 Å². The first kappa shape index (κ1) is 18.5. The fourth-order valence-electron chi connectivity index (χ4n) is 6.33. The number of aliphatic hydroxyl groups excluding tert-OH is 1. The smallest absolute Gasteiger partial charge is 0.239 e. The number of nitrogens with zero attached hydrogens (tertiary/aromatic N) is 1. The van der Waals surface area contributed by atoms with Crippen LogP contribution >= 0.6 is 0 Å². The highest BCUT2D eigenvalue weighted by atomic mass is 16.3. The van der Waals surface area contributed by atoms with Gasteiger partial charge in [0.15, 0.2) is 0 Å². The van der Waals surface area contributed by atoms with Gasteiger partial charge in [-0.15, -0.1) is 0 Å². The third-order valence-corrected chi connectivity index (χ3v) is 7.65. The molecule has 3 aromatic rings. The van der Waals surface area contributed by atoms with Crippen molar-refractivity contribution in [2.24, 2.45) is 11.8 Å². The standard InChI is InChI=1S/C27H23NO3/c1-2-16-11-13-17(14-12-16)28-25(30)23-22-18-7-3-5-9-20(18)27(15-29,24(23)26(28)31)21-10-6-4-8-19(21)22/h3-14,22-24,29H,2,15H2,1H3. The number of carbonyl (C=O) groups excluding carboxylic acids is 2. The monoisotopic (exact) mass is 409 g/mol. The zero-order chi connectivity index (χ0) is 21.3. The Morgan fingerprint density at radius 1 is 0.839 bits per heavy atom. The molecule has 7 rings (SSSR count). The Bertz CT molecular complexity index is 1180. The van der Waals surface area contributed by atoms with Crippen LogP contribution in [-0.4, -0.2) is 23.5 Å². The minimum Gasteiger partial charge on any atom is -0.395 e. The normalized spacial score (nSPS) is 27.8. The molecule has 4 nitrogen and oxygen atoms in total. The first-order valence-electron chi connectivity index (χ1n) is 10.9. The van der Waals surface area contributed by atoms with E-state index in [-0.39, 0.29) is 24.3 Å². The van der Waals surface area contributed by atoms with Gasteiger partial charge in [0.1, 0.15) is 0 Å². The van der Waals surface area contributed by atoms with E-state index in [0.717, 1.165) is 34.2 Å². The van der Waals surface area contributed by atoms with Crippen LogP contribution in [0.5, 0.6) is 0 Å². The molecule has 31 heavy (non-hydrogen) atoms. The highest BCUT2D eigenvalue weighted by Crippen LogP contribution is 2.64. The summed E-state index contributed by atoms with van der Waals surface area (Å²) in [7, 11) is 0. The number of carbonyl (C=O) groups is 2. The van der Waals surface area contributed by atoms with Gasteiger partial charge in [0.05, 0.1) is 29.5 Å². The molecule has 0 saturated carbocycles. The van der Waals surface area contributed by atoms with E-state index in [0.29, 0.717) is 5.69 Å². The third kappa shape index (κ3) is 2.13. The highest BCUT2D eigenvalue weighted by molar-refractivity contribution is 6.23. The van der Waals surface area contributed by atoms with Crippen molar-refractivity contribution in [2.45, 2.75) is 24.7 Å². The maximum Gasteiger partial charge on any atom is 0.239 e. The Hall–Kier alpha value is -3.24. The molecule has 0 spiro atoms. The highest BCUT2D eigenvalue weighted by Gasteiger charge is 2.68. The van der Waals surface area contributed by atoms with Gasteiger partial charge in [0, 0.05) is 5.92 Å². The van der Waals surface area contributed by atoms with Crippen molar-refractivity contribution in [1.82, 2.24) is 0 Å². The Morgan fingerprint density at radius 2 is 1.42 bits per heavy atom. The van der Waals surface area contributed by atoms with Gasteiger partial charge in [-0.2, -0.15) is 0 Å². The van der Waals surface area contributed by atoms with E-state index in [4.69, 9.17) is 0 Å². The van der Waals surface area contributed by atoms with E-state index in [2.05, 4.69) is 6.92 Å². The lowest BCUT2D eigenvalue weighted by Crippen LogP contribution is -2.55. The third-order valence-electron chi connectivity index (χ3n) is 7.65. The quantitative estimate of drug-likeness (QED) is 0.670. The number of benzene rings is 3. The Labute approximate surface area is 181 Å². The van der Waals surface area contributed by atoms with Crippen molar-refractivity contribution in [3.05, 3.63) is 101 Å². The molecule has 2 atom stereocenters. The first-order chi connectivity index (χ1) is 15.1. The molecular formula is C27H23NO3. The van der Waals surface area contributed by atoms with Gasteiger partial charge >= 0.3 is 0 Å². The number of rotatable bonds is 3. The molecule has 0 radical (unpaired) electrons. The van der Waals surface area contributed by atoms with E-state index >= 15 is 0 Å². The van der Waals surface area contributed by atoms with Gasteiger partial charge in [-0.05, 0) is 46.4 Å². The number of anilines is 1. The molecule has 1 N–H and O–H groups in total. The zero-order valence-corrected chi connectivity index (χ0v) is 17.3. The molecule has 154 valence electrons. The van der Waals surface area contributed by atoms with Gasteiger partial charge in [-0.25, -0.2) is 4.90 Å². The SMILES string of the molecule is CCc1ccc(N2C(=O)C3C4c5ccccc5C(CO)(c5ccccc54)C3C2=O)cc1. The summed E-state index contributed by atoms with van der Waals surface area (Å²) in [5, 5.41) is 10.9. The van der Waals surface area contributed by atoms with Crippen molar-refractivity contribution in [3.63, 3.8) is 0 Å². The van der Waals surface area contributed by atoms with Gasteiger partial charge < -0.3 is 5.11 Å². The van der Waals surface area contributed by atoms with Crippen molar-refractivity contribution in [3.8, 4) is 0 Å². The molecule has 3 aliphatic carbocycles. The molecule has 4 aliphatic rings. The number of hydrogen-bond donors (Lipinski definition) is 1. The minimum atomic E-state index is -0.905. The van der Waals surface area contributed by atoms with Crippen molar-refractivity contribution in [2.75, 3.05) is 11.5 Å². The van der Waals surface area contributed by atoms with Gasteiger partial charge in [-0.3, -0.25) is 9.59 Å². The molecule has 1 heterocycles. The molecule has 4 heteroatoms. The van der Waals surface area contributed by atoms with Crippen LogP contribution in [0.1, 0.15) is 40.7 Å². The van der Waals surface area contributed by atoms with E-state index < -0.39 is 17.3 Å². The fourth-order valence-corrected chi connectivity index (χ4v) is 6.33. The number of amides is 2. The molecule has 2 bridgehead atoms. The topological polar surface area (TPSA) is 57.6 Å². The van der Waals surface area contributed by atoms with Crippen LogP contribution in [0.15, 0.2) is 72.8 Å². The summed E-state index contributed by atoms with van der Waals surface area (Å²) in [6.07, 6.45) is 0.897. The van der Waals surface area contributed by atoms with Gasteiger partial charge in [0.2, 0.25) is 11.8 Å². The lowest BCUT2D eigenvalue weighted by molar-refractivity contribution is -0.124. The van der Waals surface area contributed by atoms with Gasteiger partial charge in [-0.1, -0.05) is 67.6 Å². The van der Waals surface area contributed by atoms with Gasteiger partial charge in [0.25, 0.3) is 0 Å². The van der Waals surface area contributed by atoms with E-state index in [1.165, 1.54) is 4.90 Å². The lowest BCUT2D eigenvalue weighted by atomic mass is 9.47. The number of aliphatic hydroxyl groups is 1.